The monoisotopic (exact) mass is 176 g/mol. The van der Waals surface area contributed by atoms with Crippen LogP contribution < -0.4 is 11.3 Å². The molecule has 0 aliphatic heterocycles. The van der Waals surface area contributed by atoms with E-state index in [1.54, 1.807) is 19.3 Å². The summed E-state index contributed by atoms with van der Waals surface area (Å²) < 4.78 is 0. The highest BCUT2D eigenvalue weighted by molar-refractivity contribution is 5.17. The van der Waals surface area contributed by atoms with E-state index in [2.05, 4.69) is 16.5 Å². The Morgan fingerprint density at radius 3 is 3.00 bits per heavy atom. The molecule has 0 bridgehead atoms. The summed E-state index contributed by atoms with van der Waals surface area (Å²) in [6, 6.07) is 5.87. The van der Waals surface area contributed by atoms with Crippen LogP contribution in [0.25, 0.3) is 0 Å². The molecular weight excluding hydrogens is 164 g/mol. The quantitative estimate of drug-likeness (QED) is 0.515. The lowest BCUT2D eigenvalue weighted by molar-refractivity contribution is 0.457. The fourth-order valence-electron chi connectivity index (χ4n) is 1.03. The van der Waals surface area contributed by atoms with Gasteiger partial charge in [0.25, 0.3) is 0 Å². The molecular formula is C9H12N4. The van der Waals surface area contributed by atoms with Crippen molar-refractivity contribution in [1.29, 1.82) is 5.26 Å². The zero-order valence-electron chi connectivity index (χ0n) is 7.49. The smallest absolute Gasteiger partial charge is 0.120 e. The number of nitrogens with one attached hydrogen (secondary N) is 1. The molecule has 0 amide bonds. The second-order valence-electron chi connectivity index (χ2n) is 3.13. The minimum absolute atomic E-state index is 0.549. The van der Waals surface area contributed by atoms with Crippen LogP contribution in [0.1, 0.15) is 12.5 Å². The van der Waals surface area contributed by atoms with E-state index >= 15 is 0 Å². The van der Waals surface area contributed by atoms with Gasteiger partial charge in [-0.2, -0.15) is 5.26 Å². The molecule has 68 valence electrons. The van der Waals surface area contributed by atoms with Crippen molar-refractivity contribution < 1.29 is 0 Å². The number of hydrogen-bond acceptors (Lipinski definition) is 4. The van der Waals surface area contributed by atoms with Crippen LogP contribution in [-0.4, -0.2) is 10.5 Å². The Bertz CT molecular complexity index is 303. The Hall–Kier alpha value is -1.44. The van der Waals surface area contributed by atoms with Crippen LogP contribution in [-0.2, 0) is 6.42 Å². The molecule has 1 aromatic heterocycles. The van der Waals surface area contributed by atoms with Crippen molar-refractivity contribution in [2.45, 2.75) is 18.9 Å². The number of aromatic nitrogens is 1. The molecule has 0 saturated carbocycles. The molecule has 1 rings (SSSR count). The Morgan fingerprint density at radius 1 is 1.77 bits per heavy atom. The van der Waals surface area contributed by atoms with Gasteiger partial charge in [-0.25, -0.2) is 5.43 Å². The Balaban J connectivity index is 2.75. The van der Waals surface area contributed by atoms with E-state index in [0.717, 1.165) is 5.56 Å². The maximum Gasteiger partial charge on any atom is 0.120 e. The molecule has 4 heteroatoms. The number of rotatable bonds is 3. The first kappa shape index (κ1) is 9.65. The molecule has 0 aromatic carbocycles. The summed E-state index contributed by atoms with van der Waals surface area (Å²) in [6.07, 6.45) is 3.98. The van der Waals surface area contributed by atoms with Crippen LogP contribution in [0.3, 0.4) is 0 Å². The van der Waals surface area contributed by atoms with Gasteiger partial charge in [0.2, 0.25) is 0 Å². The Labute approximate surface area is 77.4 Å². The largest absolute Gasteiger partial charge is 0.270 e. The van der Waals surface area contributed by atoms with Crippen molar-refractivity contribution in [2.75, 3.05) is 0 Å². The van der Waals surface area contributed by atoms with E-state index in [1.165, 1.54) is 0 Å². The number of nitriles is 1. The van der Waals surface area contributed by atoms with E-state index in [-0.39, 0.29) is 0 Å². The maximum absolute atomic E-state index is 8.83. The lowest BCUT2D eigenvalue weighted by Gasteiger charge is -2.19. The molecule has 1 heterocycles. The van der Waals surface area contributed by atoms with Crippen LogP contribution in [0.4, 0.5) is 0 Å². The summed E-state index contributed by atoms with van der Waals surface area (Å²) in [5, 5.41) is 8.83. The molecule has 0 saturated heterocycles. The van der Waals surface area contributed by atoms with E-state index in [9.17, 15) is 0 Å². The standard InChI is InChI=1S/C9H12N4/c1-9(7-10,13-11)5-8-3-2-4-12-6-8/h2-4,6,13H,5,11H2,1H3. The molecule has 1 aromatic rings. The highest BCUT2D eigenvalue weighted by Gasteiger charge is 2.21. The molecule has 0 fully saturated rings. The van der Waals surface area contributed by atoms with Gasteiger partial charge in [-0.3, -0.25) is 10.8 Å². The fourth-order valence-corrected chi connectivity index (χ4v) is 1.03. The maximum atomic E-state index is 8.83. The molecule has 13 heavy (non-hydrogen) atoms. The number of pyridine rings is 1. The predicted molar refractivity (Wildman–Crippen MR) is 49.3 cm³/mol. The summed E-state index contributed by atoms with van der Waals surface area (Å²) in [7, 11) is 0. The Morgan fingerprint density at radius 2 is 2.54 bits per heavy atom. The number of nitrogens with two attached hydrogens (primary N) is 1. The Kier molecular flexibility index (Phi) is 2.96. The molecule has 0 spiro atoms. The van der Waals surface area contributed by atoms with E-state index in [0.29, 0.717) is 6.42 Å². The molecule has 1 unspecified atom stereocenters. The van der Waals surface area contributed by atoms with Crippen molar-refractivity contribution in [3.63, 3.8) is 0 Å². The third-order valence-electron chi connectivity index (χ3n) is 1.85. The summed E-state index contributed by atoms with van der Waals surface area (Å²) in [4.78, 5) is 3.96. The average molecular weight is 176 g/mol. The minimum Gasteiger partial charge on any atom is -0.270 e. The second kappa shape index (κ2) is 3.99. The SMILES string of the molecule is CC(C#N)(Cc1cccnc1)NN. The number of hydrogen-bond donors (Lipinski definition) is 2. The third-order valence-corrected chi connectivity index (χ3v) is 1.85. The van der Waals surface area contributed by atoms with Gasteiger partial charge in [0, 0.05) is 18.8 Å². The summed E-state index contributed by atoms with van der Waals surface area (Å²) in [6.45, 7) is 1.75. The first-order chi connectivity index (χ1) is 6.20. The van der Waals surface area contributed by atoms with Gasteiger partial charge < -0.3 is 0 Å². The molecule has 0 aliphatic carbocycles. The average Bonchev–Trinajstić information content (AvgIpc) is 2.19. The third kappa shape index (κ3) is 2.51. The molecule has 3 N–H and O–H groups in total. The first-order valence-corrected chi connectivity index (χ1v) is 3.98. The van der Waals surface area contributed by atoms with Crippen molar-refractivity contribution in [3.05, 3.63) is 30.1 Å². The van der Waals surface area contributed by atoms with Gasteiger partial charge in [-0.15, -0.1) is 0 Å². The number of hydrazine groups is 1. The highest BCUT2D eigenvalue weighted by atomic mass is 15.3. The zero-order chi connectivity index (χ0) is 9.73. The first-order valence-electron chi connectivity index (χ1n) is 3.98. The van der Waals surface area contributed by atoms with Crippen molar-refractivity contribution in [2.24, 2.45) is 5.84 Å². The van der Waals surface area contributed by atoms with Crippen LogP contribution in [0.15, 0.2) is 24.5 Å². The molecule has 4 nitrogen and oxygen atoms in total. The van der Waals surface area contributed by atoms with Gasteiger partial charge in [0.05, 0.1) is 6.07 Å². The van der Waals surface area contributed by atoms with Crippen molar-refractivity contribution >= 4 is 0 Å². The predicted octanol–water partition coefficient (Wildman–Crippen LogP) is 0.370. The van der Waals surface area contributed by atoms with E-state index in [1.807, 2.05) is 12.1 Å². The van der Waals surface area contributed by atoms with Crippen molar-refractivity contribution in [3.8, 4) is 6.07 Å². The summed E-state index contributed by atoms with van der Waals surface area (Å²) in [5.74, 6) is 5.27. The van der Waals surface area contributed by atoms with Gasteiger partial charge >= 0.3 is 0 Å². The fraction of sp³-hybridized carbons (Fsp3) is 0.333. The van der Waals surface area contributed by atoms with Gasteiger partial charge in [0.15, 0.2) is 0 Å². The molecule has 1 atom stereocenters. The normalized spacial score (nSPS) is 14.5. The lowest BCUT2D eigenvalue weighted by atomic mass is 9.96. The van der Waals surface area contributed by atoms with E-state index < -0.39 is 5.54 Å². The van der Waals surface area contributed by atoms with Gasteiger partial charge in [0.1, 0.15) is 5.54 Å². The van der Waals surface area contributed by atoms with Crippen LogP contribution in [0.2, 0.25) is 0 Å². The topological polar surface area (TPSA) is 74.7 Å². The summed E-state index contributed by atoms with van der Waals surface area (Å²) in [5.41, 5.74) is 2.76. The lowest BCUT2D eigenvalue weighted by Crippen LogP contribution is -2.47. The summed E-state index contributed by atoms with van der Waals surface area (Å²) >= 11 is 0. The number of nitrogens with zero attached hydrogens (tertiary/aromatic N) is 2. The van der Waals surface area contributed by atoms with Gasteiger partial charge in [-0.05, 0) is 18.6 Å². The zero-order valence-corrected chi connectivity index (χ0v) is 7.49. The highest BCUT2D eigenvalue weighted by Crippen LogP contribution is 2.09. The van der Waals surface area contributed by atoms with Crippen LogP contribution in [0, 0.1) is 11.3 Å². The second-order valence-corrected chi connectivity index (χ2v) is 3.13. The van der Waals surface area contributed by atoms with E-state index in [4.69, 9.17) is 11.1 Å². The molecule has 0 radical (unpaired) electrons. The van der Waals surface area contributed by atoms with Crippen LogP contribution in [0.5, 0.6) is 0 Å². The molecule has 0 aliphatic rings. The van der Waals surface area contributed by atoms with Crippen molar-refractivity contribution in [1.82, 2.24) is 10.4 Å². The minimum atomic E-state index is -0.719. The van der Waals surface area contributed by atoms with Crippen LogP contribution >= 0.6 is 0 Å². The van der Waals surface area contributed by atoms with Gasteiger partial charge in [-0.1, -0.05) is 6.07 Å².